The SMILES string of the molecule is Cn1nnc(NC(=O)N2CCC(C)(C(=O)O)C2)n1. The molecule has 1 aromatic rings. The lowest BCUT2D eigenvalue weighted by Gasteiger charge is -2.19. The van der Waals surface area contributed by atoms with Crippen LogP contribution >= 0.6 is 0 Å². The van der Waals surface area contributed by atoms with Crippen LogP contribution in [0.3, 0.4) is 0 Å². The molecule has 2 N–H and O–H groups in total. The van der Waals surface area contributed by atoms with E-state index < -0.39 is 17.4 Å². The topological polar surface area (TPSA) is 113 Å². The molecule has 0 aromatic carbocycles. The minimum absolute atomic E-state index is 0.103. The highest BCUT2D eigenvalue weighted by atomic mass is 16.4. The summed E-state index contributed by atoms with van der Waals surface area (Å²) in [6.07, 6.45) is 0.434. The van der Waals surface area contributed by atoms with Crippen LogP contribution in [-0.2, 0) is 11.8 Å². The molecule has 0 spiro atoms. The minimum Gasteiger partial charge on any atom is -0.481 e. The maximum Gasteiger partial charge on any atom is 0.324 e. The highest BCUT2D eigenvalue weighted by Gasteiger charge is 2.42. The number of hydrogen-bond acceptors (Lipinski definition) is 5. The summed E-state index contributed by atoms with van der Waals surface area (Å²) in [5, 5.41) is 22.6. The number of nitrogens with zero attached hydrogens (tertiary/aromatic N) is 5. The molecule has 1 saturated heterocycles. The zero-order valence-electron chi connectivity index (χ0n) is 10.1. The fourth-order valence-electron chi connectivity index (χ4n) is 1.82. The highest BCUT2D eigenvalue weighted by molar-refractivity contribution is 5.88. The monoisotopic (exact) mass is 254 g/mol. The number of hydrogen-bond donors (Lipinski definition) is 2. The average molecular weight is 254 g/mol. The van der Waals surface area contributed by atoms with E-state index in [1.165, 1.54) is 9.70 Å². The Hall–Kier alpha value is -2.19. The van der Waals surface area contributed by atoms with Crippen LogP contribution in [0.1, 0.15) is 13.3 Å². The number of nitrogens with one attached hydrogen (secondary N) is 1. The first kappa shape index (κ1) is 12.3. The van der Waals surface area contributed by atoms with Crippen LogP contribution in [0.25, 0.3) is 0 Å². The molecule has 0 bridgehead atoms. The van der Waals surface area contributed by atoms with E-state index in [2.05, 4.69) is 20.7 Å². The molecule has 1 aliphatic heterocycles. The lowest BCUT2D eigenvalue weighted by molar-refractivity contribution is -0.146. The quantitative estimate of drug-likeness (QED) is 0.738. The van der Waals surface area contributed by atoms with Crippen molar-refractivity contribution in [3.63, 3.8) is 0 Å². The molecule has 2 amide bonds. The van der Waals surface area contributed by atoms with Gasteiger partial charge in [0.25, 0.3) is 5.95 Å². The van der Waals surface area contributed by atoms with Crippen LogP contribution in [0.4, 0.5) is 10.7 Å². The van der Waals surface area contributed by atoms with E-state index in [0.717, 1.165) is 0 Å². The van der Waals surface area contributed by atoms with E-state index in [-0.39, 0.29) is 12.5 Å². The summed E-state index contributed by atoms with van der Waals surface area (Å²) in [7, 11) is 1.58. The van der Waals surface area contributed by atoms with Crippen molar-refractivity contribution in [2.24, 2.45) is 12.5 Å². The van der Waals surface area contributed by atoms with Crippen molar-refractivity contribution in [2.45, 2.75) is 13.3 Å². The van der Waals surface area contributed by atoms with Crippen molar-refractivity contribution in [3.05, 3.63) is 0 Å². The number of anilines is 1. The van der Waals surface area contributed by atoms with Gasteiger partial charge in [-0.1, -0.05) is 5.10 Å². The zero-order chi connectivity index (χ0) is 13.3. The summed E-state index contributed by atoms with van der Waals surface area (Å²) in [5.41, 5.74) is -0.882. The van der Waals surface area contributed by atoms with Gasteiger partial charge in [0, 0.05) is 13.1 Å². The first-order valence-electron chi connectivity index (χ1n) is 5.44. The summed E-state index contributed by atoms with van der Waals surface area (Å²) >= 11 is 0. The Bertz CT molecular complexity index is 486. The zero-order valence-corrected chi connectivity index (χ0v) is 10.1. The van der Waals surface area contributed by atoms with Crippen LogP contribution in [-0.4, -0.2) is 55.3 Å². The standard InChI is InChI=1S/C9H14N6O3/c1-9(6(16)17)3-4-15(5-9)8(18)10-7-11-13-14(2)12-7/h3-5H2,1-2H3,(H,16,17)(H,10,12,18). The van der Waals surface area contributed by atoms with Gasteiger partial charge in [-0.15, -0.1) is 5.10 Å². The predicted octanol–water partition coefficient (Wildman–Crippen LogP) is -0.461. The van der Waals surface area contributed by atoms with Crippen LogP contribution in [0.2, 0.25) is 0 Å². The highest BCUT2D eigenvalue weighted by Crippen LogP contribution is 2.30. The second-order valence-corrected chi connectivity index (χ2v) is 4.57. The van der Waals surface area contributed by atoms with Gasteiger partial charge in [0.2, 0.25) is 0 Å². The van der Waals surface area contributed by atoms with Crippen molar-refractivity contribution in [2.75, 3.05) is 18.4 Å². The number of carbonyl (C=O) groups excluding carboxylic acids is 1. The molecule has 1 aliphatic rings. The first-order valence-corrected chi connectivity index (χ1v) is 5.44. The number of carboxylic acids is 1. The maximum atomic E-state index is 11.8. The molecule has 1 atom stereocenters. The normalized spacial score (nSPS) is 23.1. The third-order valence-corrected chi connectivity index (χ3v) is 3.00. The minimum atomic E-state index is -0.893. The summed E-state index contributed by atoms with van der Waals surface area (Å²) in [6.45, 7) is 2.20. The van der Waals surface area contributed by atoms with Gasteiger partial charge in [-0.05, 0) is 18.6 Å². The first-order chi connectivity index (χ1) is 8.40. The fraction of sp³-hybridized carbons (Fsp3) is 0.667. The number of aromatic nitrogens is 4. The summed E-state index contributed by atoms with van der Waals surface area (Å²) in [4.78, 5) is 25.6. The largest absolute Gasteiger partial charge is 0.481 e. The Morgan fingerprint density at radius 1 is 1.50 bits per heavy atom. The van der Waals surface area contributed by atoms with Crippen molar-refractivity contribution >= 4 is 17.9 Å². The van der Waals surface area contributed by atoms with Gasteiger partial charge in [0.05, 0.1) is 12.5 Å². The number of carbonyl (C=O) groups is 2. The van der Waals surface area contributed by atoms with E-state index in [4.69, 9.17) is 5.11 Å². The van der Waals surface area contributed by atoms with Crippen molar-refractivity contribution < 1.29 is 14.7 Å². The van der Waals surface area contributed by atoms with Crippen molar-refractivity contribution in [1.82, 2.24) is 25.1 Å². The second kappa shape index (κ2) is 4.24. The van der Waals surface area contributed by atoms with Gasteiger partial charge in [-0.3, -0.25) is 10.1 Å². The molecule has 98 valence electrons. The smallest absolute Gasteiger partial charge is 0.324 e. The van der Waals surface area contributed by atoms with Crippen LogP contribution in [0, 0.1) is 5.41 Å². The molecule has 1 aromatic heterocycles. The molecule has 18 heavy (non-hydrogen) atoms. The average Bonchev–Trinajstić information content (AvgIpc) is 2.86. The number of tetrazole rings is 1. The summed E-state index contributed by atoms with van der Waals surface area (Å²) in [5.74, 6) is -0.790. The van der Waals surface area contributed by atoms with Gasteiger partial charge in [-0.2, -0.15) is 4.80 Å². The van der Waals surface area contributed by atoms with Crippen LogP contribution < -0.4 is 5.32 Å². The molecule has 1 fully saturated rings. The number of aliphatic carboxylic acids is 1. The Labute approximate surface area is 103 Å². The lowest BCUT2D eigenvalue weighted by atomic mass is 9.90. The van der Waals surface area contributed by atoms with Gasteiger partial charge in [-0.25, -0.2) is 4.79 Å². The molecule has 9 heteroatoms. The molecule has 2 heterocycles. The molecular formula is C9H14N6O3. The van der Waals surface area contributed by atoms with Crippen molar-refractivity contribution in [3.8, 4) is 0 Å². The Balaban J connectivity index is 1.98. The van der Waals surface area contributed by atoms with Crippen LogP contribution in [0.15, 0.2) is 0 Å². The number of amides is 2. The third kappa shape index (κ3) is 2.24. The Morgan fingerprint density at radius 2 is 2.22 bits per heavy atom. The molecule has 0 aliphatic carbocycles. The molecule has 0 saturated carbocycles. The summed E-state index contributed by atoms with van der Waals surface area (Å²) < 4.78 is 0. The predicted molar refractivity (Wildman–Crippen MR) is 59.7 cm³/mol. The van der Waals surface area contributed by atoms with Gasteiger partial charge < -0.3 is 10.0 Å². The third-order valence-electron chi connectivity index (χ3n) is 3.00. The number of carboxylic acid groups (broad SMARTS) is 1. The molecule has 0 radical (unpaired) electrons. The summed E-state index contributed by atoms with van der Waals surface area (Å²) in [6, 6.07) is -0.409. The maximum absolute atomic E-state index is 11.8. The van der Waals surface area contributed by atoms with E-state index in [1.54, 1.807) is 14.0 Å². The number of rotatable bonds is 2. The molecule has 9 nitrogen and oxygen atoms in total. The Morgan fingerprint density at radius 3 is 2.72 bits per heavy atom. The number of aryl methyl sites for hydroxylation is 1. The van der Waals surface area contributed by atoms with E-state index in [1.807, 2.05) is 0 Å². The molecule has 1 unspecified atom stereocenters. The van der Waals surface area contributed by atoms with Crippen LogP contribution in [0.5, 0.6) is 0 Å². The van der Waals surface area contributed by atoms with Gasteiger partial charge in [0.1, 0.15) is 0 Å². The lowest BCUT2D eigenvalue weighted by Crippen LogP contribution is -2.37. The Kier molecular flexibility index (Phi) is 2.89. The molecule has 2 rings (SSSR count). The van der Waals surface area contributed by atoms with E-state index in [0.29, 0.717) is 13.0 Å². The molecular weight excluding hydrogens is 240 g/mol. The number of urea groups is 1. The van der Waals surface area contributed by atoms with Gasteiger partial charge >= 0.3 is 12.0 Å². The number of likely N-dealkylation sites (tertiary alicyclic amines) is 1. The second-order valence-electron chi connectivity index (χ2n) is 4.57. The van der Waals surface area contributed by atoms with E-state index in [9.17, 15) is 9.59 Å². The van der Waals surface area contributed by atoms with E-state index >= 15 is 0 Å². The van der Waals surface area contributed by atoms with Crippen molar-refractivity contribution in [1.29, 1.82) is 0 Å². The van der Waals surface area contributed by atoms with Gasteiger partial charge in [0.15, 0.2) is 0 Å². The fourth-order valence-corrected chi connectivity index (χ4v) is 1.82.